The van der Waals surface area contributed by atoms with Crippen LogP contribution < -0.4 is 11.1 Å². The molecule has 0 saturated heterocycles. The van der Waals surface area contributed by atoms with Crippen LogP contribution in [0.3, 0.4) is 0 Å². The molecule has 96 valence electrons. The number of carbonyl (C=O) groups excluding carboxylic acids is 1. The molecule has 17 heavy (non-hydrogen) atoms. The Balaban J connectivity index is 2.18. The van der Waals surface area contributed by atoms with Crippen LogP contribution in [0, 0.1) is 0 Å². The fourth-order valence-corrected chi connectivity index (χ4v) is 2.33. The fourth-order valence-electron chi connectivity index (χ4n) is 1.24. The predicted octanol–water partition coefficient (Wildman–Crippen LogP) is 1.75. The van der Waals surface area contributed by atoms with Crippen molar-refractivity contribution in [2.24, 2.45) is 5.73 Å². The summed E-state index contributed by atoms with van der Waals surface area (Å²) in [6.07, 6.45) is 2.53. The summed E-state index contributed by atoms with van der Waals surface area (Å²) in [5.41, 5.74) is 5.65. The van der Waals surface area contributed by atoms with Gasteiger partial charge < -0.3 is 15.5 Å². The highest BCUT2D eigenvalue weighted by Gasteiger charge is 2.13. The minimum Gasteiger partial charge on any atom is -0.467 e. The highest BCUT2D eigenvalue weighted by Crippen LogP contribution is 2.12. The van der Waals surface area contributed by atoms with E-state index in [1.165, 1.54) is 0 Å². The zero-order valence-electron chi connectivity index (χ0n) is 10.3. The number of thioether (sulfide) groups is 1. The van der Waals surface area contributed by atoms with Gasteiger partial charge in [0.15, 0.2) is 0 Å². The standard InChI is InChI=1S/C12H20N2O2S/c1-9(13)5-7-17-10(2)12(15)14-8-11-4-3-6-16-11/h3-4,6,9-10H,5,7-8,13H2,1-2H3,(H,14,15). The van der Waals surface area contributed by atoms with Gasteiger partial charge in [0.05, 0.1) is 18.1 Å². The molecular formula is C12H20N2O2S. The number of nitrogens with two attached hydrogens (primary N) is 1. The van der Waals surface area contributed by atoms with Crippen LogP contribution in [0.15, 0.2) is 22.8 Å². The minimum atomic E-state index is -0.0521. The second kappa shape index (κ2) is 7.40. The maximum absolute atomic E-state index is 11.7. The molecule has 0 aliphatic rings. The fraction of sp³-hybridized carbons (Fsp3) is 0.583. The molecule has 3 N–H and O–H groups in total. The lowest BCUT2D eigenvalue weighted by molar-refractivity contribution is -0.120. The van der Waals surface area contributed by atoms with Crippen molar-refractivity contribution in [1.29, 1.82) is 0 Å². The minimum absolute atomic E-state index is 0.0380. The molecule has 1 rings (SSSR count). The van der Waals surface area contributed by atoms with E-state index in [0.717, 1.165) is 17.9 Å². The van der Waals surface area contributed by atoms with Crippen LogP contribution in [0.2, 0.25) is 0 Å². The molecular weight excluding hydrogens is 236 g/mol. The second-order valence-electron chi connectivity index (χ2n) is 4.08. The Morgan fingerprint density at radius 2 is 2.35 bits per heavy atom. The molecule has 1 heterocycles. The van der Waals surface area contributed by atoms with E-state index in [9.17, 15) is 4.79 Å². The molecule has 1 amide bonds. The van der Waals surface area contributed by atoms with Gasteiger partial charge in [0, 0.05) is 6.04 Å². The first-order valence-corrected chi connectivity index (χ1v) is 6.81. The number of hydrogen-bond donors (Lipinski definition) is 2. The number of amides is 1. The molecule has 1 aromatic heterocycles. The number of nitrogens with one attached hydrogen (secondary N) is 1. The van der Waals surface area contributed by atoms with Gasteiger partial charge in [-0.3, -0.25) is 4.79 Å². The number of carbonyl (C=O) groups is 1. The summed E-state index contributed by atoms with van der Waals surface area (Å²) in [6, 6.07) is 3.84. The molecule has 0 aliphatic heterocycles. The van der Waals surface area contributed by atoms with Crippen molar-refractivity contribution in [3.63, 3.8) is 0 Å². The van der Waals surface area contributed by atoms with Gasteiger partial charge in [-0.1, -0.05) is 0 Å². The molecule has 0 aromatic carbocycles. The molecule has 0 saturated carbocycles. The van der Waals surface area contributed by atoms with Crippen molar-refractivity contribution in [2.75, 3.05) is 5.75 Å². The summed E-state index contributed by atoms with van der Waals surface area (Å²) < 4.78 is 5.14. The number of rotatable bonds is 7. The van der Waals surface area contributed by atoms with Crippen molar-refractivity contribution in [3.05, 3.63) is 24.2 Å². The largest absolute Gasteiger partial charge is 0.467 e. The first kappa shape index (κ1) is 14.1. The average molecular weight is 256 g/mol. The van der Waals surface area contributed by atoms with Crippen LogP contribution >= 0.6 is 11.8 Å². The molecule has 0 bridgehead atoms. The summed E-state index contributed by atoms with van der Waals surface area (Å²) >= 11 is 1.63. The lowest BCUT2D eigenvalue weighted by Gasteiger charge is -2.12. The average Bonchev–Trinajstić information content (AvgIpc) is 2.78. The van der Waals surface area contributed by atoms with Crippen molar-refractivity contribution >= 4 is 17.7 Å². The highest BCUT2D eigenvalue weighted by atomic mass is 32.2. The predicted molar refractivity (Wildman–Crippen MR) is 70.7 cm³/mol. The van der Waals surface area contributed by atoms with Crippen molar-refractivity contribution in [1.82, 2.24) is 5.32 Å². The monoisotopic (exact) mass is 256 g/mol. The van der Waals surface area contributed by atoms with Crippen LogP contribution in [0.1, 0.15) is 26.0 Å². The van der Waals surface area contributed by atoms with E-state index in [1.807, 2.05) is 26.0 Å². The molecule has 0 fully saturated rings. The molecule has 0 aliphatic carbocycles. The van der Waals surface area contributed by atoms with Crippen LogP contribution in [-0.2, 0) is 11.3 Å². The zero-order chi connectivity index (χ0) is 12.7. The highest BCUT2D eigenvalue weighted by molar-refractivity contribution is 8.00. The van der Waals surface area contributed by atoms with E-state index in [2.05, 4.69) is 5.32 Å². The van der Waals surface area contributed by atoms with Crippen molar-refractivity contribution in [3.8, 4) is 0 Å². The van der Waals surface area contributed by atoms with Crippen LogP contribution in [0.25, 0.3) is 0 Å². The van der Waals surface area contributed by atoms with E-state index < -0.39 is 0 Å². The molecule has 2 atom stereocenters. The Hall–Kier alpha value is -0.940. The molecule has 0 spiro atoms. The first-order valence-electron chi connectivity index (χ1n) is 5.77. The van der Waals surface area contributed by atoms with Gasteiger partial charge in [-0.25, -0.2) is 0 Å². The van der Waals surface area contributed by atoms with Gasteiger partial charge in [0.25, 0.3) is 0 Å². The maximum Gasteiger partial charge on any atom is 0.233 e. The molecule has 2 unspecified atom stereocenters. The molecule has 4 nitrogen and oxygen atoms in total. The Kier molecular flexibility index (Phi) is 6.15. The van der Waals surface area contributed by atoms with Crippen LogP contribution in [0.4, 0.5) is 0 Å². The summed E-state index contributed by atoms with van der Waals surface area (Å²) in [5.74, 6) is 1.72. The summed E-state index contributed by atoms with van der Waals surface area (Å²) in [6.45, 7) is 4.33. The zero-order valence-corrected chi connectivity index (χ0v) is 11.1. The van der Waals surface area contributed by atoms with Crippen molar-refractivity contribution in [2.45, 2.75) is 38.1 Å². The first-order chi connectivity index (χ1) is 8.09. The second-order valence-corrected chi connectivity index (χ2v) is 5.52. The van der Waals surface area contributed by atoms with E-state index in [4.69, 9.17) is 10.2 Å². The maximum atomic E-state index is 11.7. The molecule has 1 aromatic rings. The third kappa shape index (κ3) is 5.79. The topological polar surface area (TPSA) is 68.3 Å². The van der Waals surface area contributed by atoms with Gasteiger partial charge >= 0.3 is 0 Å². The summed E-state index contributed by atoms with van der Waals surface area (Å²) in [4.78, 5) is 11.7. The Labute approximate surface area is 106 Å². The van der Waals surface area contributed by atoms with Gasteiger partial charge in [0.2, 0.25) is 5.91 Å². The van der Waals surface area contributed by atoms with E-state index >= 15 is 0 Å². The lowest BCUT2D eigenvalue weighted by atomic mass is 10.3. The normalized spacial score (nSPS) is 14.3. The molecule has 5 heteroatoms. The van der Waals surface area contributed by atoms with Gasteiger partial charge in [-0.2, -0.15) is 0 Å². The lowest BCUT2D eigenvalue weighted by Crippen LogP contribution is -2.30. The Morgan fingerprint density at radius 3 is 2.94 bits per heavy atom. The third-order valence-corrected chi connectivity index (χ3v) is 3.51. The quantitative estimate of drug-likeness (QED) is 0.780. The van der Waals surface area contributed by atoms with E-state index in [0.29, 0.717) is 6.54 Å². The van der Waals surface area contributed by atoms with Gasteiger partial charge in [-0.15, -0.1) is 11.8 Å². The smallest absolute Gasteiger partial charge is 0.233 e. The number of furan rings is 1. The van der Waals surface area contributed by atoms with E-state index in [1.54, 1.807) is 18.0 Å². The van der Waals surface area contributed by atoms with E-state index in [-0.39, 0.29) is 17.2 Å². The van der Waals surface area contributed by atoms with Crippen molar-refractivity contribution < 1.29 is 9.21 Å². The molecule has 0 radical (unpaired) electrons. The number of hydrogen-bond acceptors (Lipinski definition) is 4. The Morgan fingerprint density at radius 1 is 1.59 bits per heavy atom. The third-order valence-electron chi connectivity index (χ3n) is 2.33. The van der Waals surface area contributed by atoms with Crippen LogP contribution in [0.5, 0.6) is 0 Å². The van der Waals surface area contributed by atoms with Gasteiger partial charge in [0.1, 0.15) is 5.76 Å². The van der Waals surface area contributed by atoms with Gasteiger partial charge in [-0.05, 0) is 38.2 Å². The summed E-state index contributed by atoms with van der Waals surface area (Å²) in [7, 11) is 0. The SMILES string of the molecule is CC(N)CCSC(C)C(=O)NCc1ccco1. The summed E-state index contributed by atoms with van der Waals surface area (Å²) in [5, 5.41) is 2.79. The Bertz CT molecular complexity index is 325. The van der Waals surface area contributed by atoms with Crippen LogP contribution in [-0.4, -0.2) is 23.0 Å².